The van der Waals surface area contributed by atoms with Gasteiger partial charge in [-0.15, -0.1) is 0 Å². The predicted molar refractivity (Wildman–Crippen MR) is 25.5 cm³/mol. The second-order valence-electron chi connectivity index (χ2n) is 1.83. The fourth-order valence-corrected chi connectivity index (χ4v) is 1.39. The molecule has 0 N–H and O–H groups in total. The van der Waals surface area contributed by atoms with Crippen molar-refractivity contribution in [1.82, 2.24) is 0 Å². The van der Waals surface area contributed by atoms with E-state index in [0.29, 0.717) is 0 Å². The van der Waals surface area contributed by atoms with Gasteiger partial charge in [0, 0.05) is 0 Å². The van der Waals surface area contributed by atoms with Gasteiger partial charge < -0.3 is 0 Å². The molecule has 0 radical (unpaired) electrons. The third kappa shape index (κ3) is 4.75. The molecule has 0 aromatic carbocycles. The van der Waals surface area contributed by atoms with Crippen LogP contribution in [-0.2, 0) is 24.2 Å². The predicted octanol–water partition coefficient (Wildman–Crippen LogP) is 1.38. The van der Waals surface area contributed by atoms with Gasteiger partial charge in [-0.1, -0.05) is 0 Å². The van der Waals surface area contributed by atoms with E-state index in [1.54, 1.807) is 24.2 Å². The van der Waals surface area contributed by atoms with E-state index in [0.717, 1.165) is 5.92 Å². The summed E-state index contributed by atoms with van der Waals surface area (Å²) < 4.78 is 2.29. The van der Waals surface area contributed by atoms with Crippen molar-refractivity contribution in [3.63, 3.8) is 0 Å². The van der Waals surface area contributed by atoms with Crippen molar-refractivity contribution in [3.05, 3.63) is 0 Å². The third-order valence-electron chi connectivity index (χ3n) is 0.589. The topological polar surface area (TPSA) is 0 Å². The van der Waals surface area contributed by atoms with E-state index in [4.69, 9.17) is 0 Å². The summed E-state index contributed by atoms with van der Waals surface area (Å²) in [6.07, 6.45) is 1.29. The van der Waals surface area contributed by atoms with Crippen LogP contribution in [0.2, 0.25) is 0 Å². The van der Waals surface area contributed by atoms with E-state index in [9.17, 15) is 0 Å². The van der Waals surface area contributed by atoms with Crippen molar-refractivity contribution < 1.29 is 24.2 Å². The summed E-state index contributed by atoms with van der Waals surface area (Å²) in [7, 11) is 0. The molecular formula is C5H10Zr+2. The summed E-state index contributed by atoms with van der Waals surface area (Å²) in [5.41, 5.74) is 0. The van der Waals surface area contributed by atoms with Gasteiger partial charge in [0.15, 0.2) is 0 Å². The van der Waals surface area contributed by atoms with E-state index in [1.165, 1.54) is 6.42 Å². The molecule has 0 bridgehead atoms. The third-order valence-corrected chi connectivity index (χ3v) is 1.17. The summed E-state index contributed by atoms with van der Waals surface area (Å²) in [6.45, 7) is 4.47. The standard InChI is InChI=1S/C5H10.Zr/c1-4-5(2)3;/h1,5H,4H2,2-3H3;/q;+2. The first-order valence-corrected chi connectivity index (χ1v) is 3.68. The van der Waals surface area contributed by atoms with Gasteiger partial charge in [-0.05, 0) is 0 Å². The fraction of sp³-hybridized carbons (Fsp3) is 0.800. The molecule has 6 heavy (non-hydrogen) atoms. The Kier molecular flexibility index (Phi) is 4.42. The zero-order chi connectivity index (χ0) is 4.99. The van der Waals surface area contributed by atoms with Crippen LogP contribution >= 0.6 is 0 Å². The first-order valence-electron chi connectivity index (χ1n) is 2.26. The second kappa shape index (κ2) is 3.93. The van der Waals surface area contributed by atoms with E-state index in [2.05, 4.69) is 17.6 Å². The van der Waals surface area contributed by atoms with Gasteiger partial charge in [0.2, 0.25) is 0 Å². The molecule has 0 atom stereocenters. The molecule has 0 aliphatic heterocycles. The Morgan fingerprint density at radius 3 is 2.17 bits per heavy atom. The van der Waals surface area contributed by atoms with Crippen LogP contribution in [0.5, 0.6) is 0 Å². The van der Waals surface area contributed by atoms with Gasteiger partial charge in [0.1, 0.15) is 0 Å². The average Bonchev–Trinajstić information content (AvgIpc) is 1.35. The minimum atomic E-state index is 0.865. The molecule has 0 amide bonds. The van der Waals surface area contributed by atoms with Gasteiger partial charge in [0.25, 0.3) is 0 Å². The summed E-state index contributed by atoms with van der Waals surface area (Å²) in [4.78, 5) is 0. The van der Waals surface area contributed by atoms with E-state index >= 15 is 0 Å². The van der Waals surface area contributed by atoms with Gasteiger partial charge in [0.05, 0.1) is 0 Å². The van der Waals surface area contributed by atoms with Gasteiger partial charge in [-0.2, -0.15) is 0 Å². The van der Waals surface area contributed by atoms with Crippen molar-refractivity contribution in [3.8, 4) is 0 Å². The van der Waals surface area contributed by atoms with Crippen LogP contribution in [0.1, 0.15) is 20.3 Å². The van der Waals surface area contributed by atoms with E-state index in [1.807, 2.05) is 0 Å². The summed E-state index contributed by atoms with van der Waals surface area (Å²) in [5, 5.41) is 0. The van der Waals surface area contributed by atoms with Crippen molar-refractivity contribution in [2.24, 2.45) is 5.92 Å². The normalized spacial score (nSPS) is 9.50. The molecular weight excluding hydrogens is 151 g/mol. The molecule has 0 saturated heterocycles. The molecule has 0 rings (SSSR count). The maximum absolute atomic E-state index is 2.29. The van der Waals surface area contributed by atoms with Crippen molar-refractivity contribution in [2.45, 2.75) is 20.3 Å². The Balaban J connectivity index is 2.81. The average molecular weight is 161 g/mol. The molecule has 32 valence electrons. The molecule has 1 heteroatoms. The zero-order valence-corrected chi connectivity index (χ0v) is 6.82. The zero-order valence-electron chi connectivity index (χ0n) is 4.36. The van der Waals surface area contributed by atoms with E-state index in [-0.39, 0.29) is 0 Å². The molecule has 0 aliphatic rings. The molecule has 0 fully saturated rings. The molecule has 0 heterocycles. The van der Waals surface area contributed by atoms with Crippen LogP contribution in [-0.4, -0.2) is 3.71 Å². The molecule has 0 aromatic heterocycles. The first kappa shape index (κ1) is 6.75. The quantitative estimate of drug-likeness (QED) is 0.574. The maximum atomic E-state index is 2.29. The Hall–Kier alpha value is 0.753. The van der Waals surface area contributed by atoms with Gasteiger partial charge >= 0.3 is 54.1 Å². The van der Waals surface area contributed by atoms with Crippen molar-refractivity contribution in [2.75, 3.05) is 0 Å². The summed E-state index contributed by atoms with van der Waals surface area (Å²) in [5.74, 6) is 0.865. The van der Waals surface area contributed by atoms with Crippen LogP contribution < -0.4 is 0 Å². The second-order valence-corrected chi connectivity index (χ2v) is 2.84. The van der Waals surface area contributed by atoms with Crippen LogP contribution in [0.15, 0.2) is 0 Å². The SMILES string of the molecule is CC(C)C[CH]=[Zr+2]. The Morgan fingerprint density at radius 1 is 1.67 bits per heavy atom. The monoisotopic (exact) mass is 160 g/mol. The number of rotatable bonds is 2. The van der Waals surface area contributed by atoms with Crippen LogP contribution in [0, 0.1) is 5.92 Å². The minimum absolute atomic E-state index is 0.865. The molecule has 0 aromatic rings. The Labute approximate surface area is 54.3 Å². The summed E-state index contributed by atoms with van der Waals surface area (Å²) in [6, 6.07) is 0. The van der Waals surface area contributed by atoms with Gasteiger partial charge in [-0.25, -0.2) is 0 Å². The van der Waals surface area contributed by atoms with Crippen LogP contribution in [0.3, 0.4) is 0 Å². The Bertz CT molecular complexity index is 39.2. The molecule has 0 spiro atoms. The molecule has 0 unspecified atom stereocenters. The van der Waals surface area contributed by atoms with Crippen molar-refractivity contribution >= 4 is 3.71 Å². The van der Waals surface area contributed by atoms with Crippen molar-refractivity contribution in [1.29, 1.82) is 0 Å². The molecule has 0 saturated carbocycles. The number of hydrogen-bond donors (Lipinski definition) is 0. The first-order chi connectivity index (χ1) is 2.77. The van der Waals surface area contributed by atoms with Crippen LogP contribution in [0.4, 0.5) is 0 Å². The Morgan fingerprint density at radius 2 is 2.17 bits per heavy atom. The van der Waals surface area contributed by atoms with Gasteiger partial charge in [-0.3, -0.25) is 0 Å². The summed E-state index contributed by atoms with van der Waals surface area (Å²) >= 11 is 1.56. The number of hydrogen-bond acceptors (Lipinski definition) is 0. The van der Waals surface area contributed by atoms with E-state index < -0.39 is 0 Å². The fourth-order valence-electron chi connectivity index (χ4n) is 0.236. The van der Waals surface area contributed by atoms with Crippen LogP contribution in [0.25, 0.3) is 0 Å². The molecule has 0 nitrogen and oxygen atoms in total. The molecule has 0 aliphatic carbocycles.